The molecule has 7 nitrogen and oxygen atoms in total. The van der Waals surface area contributed by atoms with E-state index in [1.807, 2.05) is 4.90 Å². The van der Waals surface area contributed by atoms with E-state index in [-0.39, 0.29) is 36.2 Å². The number of ketones is 2. The van der Waals surface area contributed by atoms with Gasteiger partial charge in [-0.2, -0.15) is 0 Å². The number of benzene rings is 2. The second kappa shape index (κ2) is 11.9. The summed E-state index contributed by atoms with van der Waals surface area (Å²) in [5, 5.41) is 10.6. The number of rotatable bonds is 8. The Morgan fingerprint density at radius 2 is 1.60 bits per heavy atom. The fraction of sp³-hybridized carbons (Fsp3) is 0.367. The van der Waals surface area contributed by atoms with Crippen LogP contribution in [0, 0.1) is 0 Å². The number of carbonyl (C=O) groups is 3. The summed E-state index contributed by atoms with van der Waals surface area (Å²) in [6.45, 7) is 0.333. The fourth-order valence-corrected chi connectivity index (χ4v) is 6.60. The first-order chi connectivity index (χ1) is 19.2. The Hall–Kier alpha value is -3.00. The summed E-state index contributed by atoms with van der Waals surface area (Å²) < 4.78 is 11.7. The molecule has 0 amide bonds. The Balaban J connectivity index is 1.58. The molecule has 1 aliphatic heterocycles. The molecule has 0 unspecified atom stereocenters. The zero-order chi connectivity index (χ0) is 28.6. The highest BCUT2D eigenvalue weighted by atomic mass is 35.5. The Labute approximate surface area is 247 Å². The number of carboxylic acid groups (broad SMARTS) is 1. The van der Waals surface area contributed by atoms with Crippen molar-refractivity contribution in [3.8, 4) is 11.5 Å². The predicted octanol–water partition coefficient (Wildman–Crippen LogP) is 7.12. The number of hydrogen-bond donors (Lipinski definition) is 1. The zero-order valence-corrected chi connectivity index (χ0v) is 24.2. The van der Waals surface area contributed by atoms with Crippen molar-refractivity contribution < 1.29 is 29.0 Å². The van der Waals surface area contributed by atoms with E-state index in [9.17, 15) is 19.5 Å². The van der Waals surface area contributed by atoms with Gasteiger partial charge in [0, 0.05) is 63.5 Å². The molecule has 210 valence electrons. The van der Waals surface area contributed by atoms with Gasteiger partial charge in [0.1, 0.15) is 6.61 Å². The van der Waals surface area contributed by atoms with Crippen molar-refractivity contribution in [1.82, 2.24) is 4.90 Å². The first kappa shape index (κ1) is 28.5. The molecule has 0 fully saturated rings. The van der Waals surface area contributed by atoms with E-state index in [4.69, 9.17) is 44.3 Å². The van der Waals surface area contributed by atoms with Gasteiger partial charge in [-0.05, 0) is 55.5 Å². The number of Topliss-reactive ketones (excluding diaryl/α,β-unsaturated/α-hetero) is 2. The summed E-state index contributed by atoms with van der Waals surface area (Å²) in [5.74, 6) is -0.947. The zero-order valence-electron chi connectivity index (χ0n) is 21.9. The van der Waals surface area contributed by atoms with Crippen LogP contribution >= 0.6 is 34.8 Å². The molecule has 1 heterocycles. The van der Waals surface area contributed by atoms with Gasteiger partial charge in [0.15, 0.2) is 23.1 Å². The topological polar surface area (TPSA) is 93.1 Å². The molecule has 40 heavy (non-hydrogen) atoms. The van der Waals surface area contributed by atoms with E-state index in [1.165, 1.54) is 7.11 Å². The number of hydrogen-bond acceptors (Lipinski definition) is 6. The first-order valence-electron chi connectivity index (χ1n) is 13.2. The van der Waals surface area contributed by atoms with Crippen LogP contribution in [0.5, 0.6) is 11.5 Å². The van der Waals surface area contributed by atoms with Gasteiger partial charge in [0.25, 0.3) is 0 Å². The van der Waals surface area contributed by atoms with Gasteiger partial charge in [0.05, 0.1) is 18.6 Å². The number of nitrogens with zero attached hydrogens (tertiary/aromatic N) is 1. The van der Waals surface area contributed by atoms with Crippen LogP contribution < -0.4 is 9.47 Å². The molecule has 0 aromatic heterocycles. The van der Waals surface area contributed by atoms with E-state index in [0.29, 0.717) is 82.3 Å². The highest BCUT2D eigenvalue weighted by molar-refractivity contribution is 6.35. The van der Waals surface area contributed by atoms with Gasteiger partial charge in [-0.3, -0.25) is 14.4 Å². The summed E-state index contributed by atoms with van der Waals surface area (Å²) in [4.78, 5) is 40.3. The molecule has 2 aliphatic carbocycles. The van der Waals surface area contributed by atoms with Crippen molar-refractivity contribution in [2.75, 3.05) is 13.7 Å². The maximum absolute atomic E-state index is 13.5. The molecule has 0 radical (unpaired) electrons. The van der Waals surface area contributed by atoms with Crippen LogP contribution in [0.2, 0.25) is 15.1 Å². The van der Waals surface area contributed by atoms with Gasteiger partial charge >= 0.3 is 5.97 Å². The Morgan fingerprint density at radius 3 is 2.17 bits per heavy atom. The second-order valence-corrected chi connectivity index (χ2v) is 11.3. The van der Waals surface area contributed by atoms with Crippen LogP contribution in [0.4, 0.5) is 0 Å². The smallest absolute Gasteiger partial charge is 0.305 e. The lowest BCUT2D eigenvalue weighted by Gasteiger charge is -2.44. The molecular formula is C30H28Cl3NO6. The van der Waals surface area contributed by atoms with Crippen LogP contribution in [0.25, 0.3) is 0 Å². The lowest BCUT2D eigenvalue weighted by molar-refractivity contribution is -0.137. The molecule has 0 spiro atoms. The van der Waals surface area contributed by atoms with E-state index in [2.05, 4.69) is 0 Å². The molecule has 0 saturated carbocycles. The highest BCUT2D eigenvalue weighted by Crippen LogP contribution is 2.51. The molecule has 2 aromatic carbocycles. The van der Waals surface area contributed by atoms with Crippen LogP contribution in [-0.2, 0) is 21.0 Å². The van der Waals surface area contributed by atoms with Crippen LogP contribution in [-0.4, -0.2) is 41.2 Å². The van der Waals surface area contributed by atoms with Crippen molar-refractivity contribution in [2.24, 2.45) is 0 Å². The largest absolute Gasteiger partial charge is 0.493 e. The third-order valence-electron chi connectivity index (χ3n) is 7.61. The van der Waals surface area contributed by atoms with Gasteiger partial charge in [0.2, 0.25) is 0 Å². The minimum atomic E-state index is -0.928. The molecule has 0 saturated heterocycles. The summed E-state index contributed by atoms with van der Waals surface area (Å²) in [5.41, 5.74) is 4.08. The van der Waals surface area contributed by atoms with Gasteiger partial charge in [-0.15, -0.1) is 0 Å². The maximum Gasteiger partial charge on any atom is 0.305 e. The van der Waals surface area contributed by atoms with Gasteiger partial charge in [-0.25, -0.2) is 0 Å². The fourth-order valence-electron chi connectivity index (χ4n) is 5.86. The van der Waals surface area contributed by atoms with E-state index in [1.54, 1.807) is 30.3 Å². The molecule has 3 aliphatic rings. The van der Waals surface area contributed by atoms with Crippen molar-refractivity contribution >= 4 is 52.3 Å². The molecule has 0 bridgehead atoms. The minimum absolute atomic E-state index is 0.0377. The quantitative estimate of drug-likeness (QED) is 0.343. The number of halogens is 3. The van der Waals surface area contributed by atoms with Gasteiger partial charge in [-0.1, -0.05) is 40.9 Å². The number of aliphatic carboxylic acids is 1. The standard InChI is InChI=1S/C30H28Cl3NO6/c1-39-25-13-17(12-20(33)30(25)40-15-16-8-9-18(31)14-19(16)32)27-28-21(4-2-6-23(28)35)34(11-10-26(37)38)22-5-3-7-24(36)29(22)27/h8-9,12-14,27H,2-7,10-11,15H2,1H3,(H,37,38). The normalized spacial score (nSPS) is 17.6. The lowest BCUT2D eigenvalue weighted by atomic mass is 9.71. The average molecular weight is 605 g/mol. The maximum atomic E-state index is 13.5. The highest BCUT2D eigenvalue weighted by Gasteiger charge is 2.43. The minimum Gasteiger partial charge on any atom is -0.493 e. The summed E-state index contributed by atoms with van der Waals surface area (Å²) >= 11 is 19.1. The van der Waals surface area contributed by atoms with Crippen LogP contribution in [0.3, 0.4) is 0 Å². The first-order valence-corrected chi connectivity index (χ1v) is 14.3. The van der Waals surface area contributed by atoms with E-state index >= 15 is 0 Å². The summed E-state index contributed by atoms with van der Waals surface area (Å²) in [7, 11) is 1.50. The number of carbonyl (C=O) groups excluding carboxylic acids is 2. The average Bonchev–Trinajstić information content (AvgIpc) is 2.91. The van der Waals surface area contributed by atoms with Crippen molar-refractivity contribution in [2.45, 2.75) is 57.5 Å². The number of ether oxygens (including phenoxy) is 2. The Bertz CT molecular complexity index is 1420. The number of allylic oxidation sites excluding steroid dienone is 4. The molecule has 2 aromatic rings. The lowest BCUT2D eigenvalue weighted by Crippen LogP contribution is -2.39. The molecule has 5 rings (SSSR count). The molecule has 0 atom stereocenters. The molecule has 10 heteroatoms. The van der Waals surface area contributed by atoms with Gasteiger partial charge < -0.3 is 19.5 Å². The molecule has 1 N–H and O–H groups in total. The second-order valence-electron chi connectivity index (χ2n) is 10.1. The molecular weight excluding hydrogens is 577 g/mol. The number of methoxy groups -OCH3 is 1. The third kappa shape index (κ3) is 5.47. The van der Waals surface area contributed by atoms with Crippen molar-refractivity contribution in [1.29, 1.82) is 0 Å². The SMILES string of the molecule is COc1cc(C2C3=C(CCCC3=O)N(CCC(=O)O)C3=C2C(=O)CCC3)cc(Cl)c1OCc1ccc(Cl)cc1Cl. The predicted molar refractivity (Wildman–Crippen MR) is 152 cm³/mol. The van der Waals surface area contributed by atoms with Crippen LogP contribution in [0.1, 0.15) is 62.0 Å². The van der Waals surface area contributed by atoms with Crippen molar-refractivity contribution in [3.63, 3.8) is 0 Å². The summed E-state index contributed by atoms with van der Waals surface area (Å²) in [6, 6.07) is 8.60. The van der Waals surface area contributed by atoms with E-state index < -0.39 is 11.9 Å². The summed E-state index contributed by atoms with van der Waals surface area (Å²) in [6.07, 6.45) is 3.26. The van der Waals surface area contributed by atoms with Crippen LogP contribution in [0.15, 0.2) is 52.9 Å². The monoisotopic (exact) mass is 603 g/mol. The van der Waals surface area contributed by atoms with E-state index in [0.717, 1.165) is 11.4 Å². The van der Waals surface area contributed by atoms with Crippen molar-refractivity contribution in [3.05, 3.63) is 79.1 Å². The number of carboxylic acids is 1. The Kier molecular flexibility index (Phi) is 8.45. The Morgan fingerprint density at radius 1 is 0.950 bits per heavy atom. The third-order valence-corrected chi connectivity index (χ3v) is 8.48.